The Kier molecular flexibility index (Phi) is 6.35. The highest BCUT2D eigenvalue weighted by Crippen LogP contribution is 2.29. The van der Waals surface area contributed by atoms with Crippen molar-refractivity contribution in [3.63, 3.8) is 0 Å². The Morgan fingerprint density at radius 1 is 1.03 bits per heavy atom. The topological polar surface area (TPSA) is 62.1 Å². The molecule has 0 atom stereocenters. The molecule has 0 radical (unpaired) electrons. The van der Waals surface area contributed by atoms with E-state index in [-0.39, 0.29) is 0 Å². The first-order valence-corrected chi connectivity index (χ1v) is 11.3. The Morgan fingerprint density at radius 2 is 1.80 bits per heavy atom. The van der Waals surface area contributed by atoms with E-state index in [4.69, 9.17) is 14.5 Å². The highest BCUT2D eigenvalue weighted by molar-refractivity contribution is 7.98. The van der Waals surface area contributed by atoms with E-state index in [0.717, 1.165) is 38.9 Å². The van der Waals surface area contributed by atoms with Crippen molar-refractivity contribution < 1.29 is 9.47 Å². The van der Waals surface area contributed by atoms with Gasteiger partial charge in [-0.3, -0.25) is 0 Å². The van der Waals surface area contributed by atoms with E-state index in [0.29, 0.717) is 6.61 Å². The number of thiazole rings is 1. The molecule has 0 saturated carbocycles. The van der Waals surface area contributed by atoms with Crippen molar-refractivity contribution >= 4 is 23.1 Å². The average molecular weight is 439 g/mol. The molecule has 4 aromatic rings. The molecular weight excluding hydrogens is 416 g/mol. The summed E-state index contributed by atoms with van der Waals surface area (Å²) in [7, 11) is 3.60. The van der Waals surface area contributed by atoms with Gasteiger partial charge in [0.2, 0.25) is 0 Å². The van der Waals surface area contributed by atoms with Crippen LogP contribution in [0.4, 0.5) is 0 Å². The Labute approximate surface area is 183 Å². The molecule has 0 N–H and O–H groups in total. The number of rotatable bonds is 8. The molecule has 0 unspecified atom stereocenters. The van der Waals surface area contributed by atoms with Crippen LogP contribution in [0.3, 0.4) is 0 Å². The van der Waals surface area contributed by atoms with Crippen LogP contribution in [-0.2, 0) is 19.4 Å². The molecule has 0 aliphatic rings. The third-order valence-electron chi connectivity index (χ3n) is 4.63. The summed E-state index contributed by atoms with van der Waals surface area (Å²) in [6.07, 6.45) is 0. The molecule has 2 heterocycles. The Morgan fingerprint density at radius 3 is 2.57 bits per heavy atom. The minimum atomic E-state index is 0.352. The van der Waals surface area contributed by atoms with Crippen molar-refractivity contribution in [2.75, 3.05) is 7.11 Å². The molecule has 154 valence electrons. The lowest BCUT2D eigenvalue weighted by atomic mass is 10.1. The molecule has 0 spiro atoms. The number of methoxy groups -OCH3 is 1. The van der Waals surface area contributed by atoms with Gasteiger partial charge < -0.3 is 14.0 Å². The molecule has 0 aliphatic carbocycles. The maximum absolute atomic E-state index is 5.81. The van der Waals surface area contributed by atoms with Gasteiger partial charge in [-0.1, -0.05) is 36.0 Å². The molecule has 4 rings (SSSR count). The molecule has 8 heteroatoms. The quantitative estimate of drug-likeness (QED) is 0.356. The number of aryl methyl sites for hydroxylation is 1. The molecule has 0 amide bonds. The number of aromatic nitrogens is 4. The molecular formula is C22H22N4O2S2. The molecule has 0 bridgehead atoms. The lowest BCUT2D eigenvalue weighted by Gasteiger charge is -2.07. The minimum absolute atomic E-state index is 0.352. The number of thioether (sulfide) groups is 1. The van der Waals surface area contributed by atoms with E-state index in [9.17, 15) is 0 Å². The molecule has 0 saturated heterocycles. The molecule has 2 aromatic heterocycles. The molecule has 30 heavy (non-hydrogen) atoms. The van der Waals surface area contributed by atoms with Crippen molar-refractivity contribution in [3.05, 3.63) is 71.0 Å². The molecule has 0 fully saturated rings. The van der Waals surface area contributed by atoms with Crippen molar-refractivity contribution in [1.82, 2.24) is 19.7 Å². The first-order valence-electron chi connectivity index (χ1n) is 9.42. The first kappa shape index (κ1) is 20.4. The summed E-state index contributed by atoms with van der Waals surface area (Å²) in [6, 6.07) is 15.8. The van der Waals surface area contributed by atoms with Crippen LogP contribution in [0.25, 0.3) is 10.6 Å². The number of hydrogen-bond acceptors (Lipinski definition) is 7. The van der Waals surface area contributed by atoms with E-state index >= 15 is 0 Å². The predicted molar refractivity (Wildman–Crippen MR) is 120 cm³/mol. The Balaban J connectivity index is 1.36. The predicted octanol–water partition coefficient (Wildman–Crippen LogP) is 5.13. The number of hydrogen-bond donors (Lipinski definition) is 0. The fraction of sp³-hybridized carbons (Fsp3) is 0.227. The second kappa shape index (κ2) is 9.32. The van der Waals surface area contributed by atoms with Crippen LogP contribution in [-0.4, -0.2) is 26.9 Å². The highest BCUT2D eigenvalue weighted by atomic mass is 32.2. The van der Waals surface area contributed by atoms with Gasteiger partial charge in [-0.05, 0) is 36.8 Å². The second-order valence-corrected chi connectivity index (χ2v) is 8.47. The maximum Gasteiger partial charge on any atom is 0.191 e. The smallest absolute Gasteiger partial charge is 0.191 e. The summed E-state index contributed by atoms with van der Waals surface area (Å²) in [5, 5.41) is 12.6. The van der Waals surface area contributed by atoms with E-state index < -0.39 is 0 Å². The van der Waals surface area contributed by atoms with Crippen molar-refractivity contribution in [3.8, 4) is 22.1 Å². The van der Waals surface area contributed by atoms with E-state index in [2.05, 4.69) is 34.6 Å². The lowest BCUT2D eigenvalue weighted by molar-refractivity contribution is 0.290. The SMILES string of the molecule is COc1ccc(OCc2nnc(SCc3csc(-c4ccccc4C)n3)n2C)cc1. The number of benzene rings is 2. The second-order valence-electron chi connectivity index (χ2n) is 6.67. The molecule has 6 nitrogen and oxygen atoms in total. The van der Waals surface area contributed by atoms with Gasteiger partial charge in [0.25, 0.3) is 0 Å². The van der Waals surface area contributed by atoms with Crippen molar-refractivity contribution in [2.45, 2.75) is 24.4 Å². The monoisotopic (exact) mass is 438 g/mol. The summed E-state index contributed by atoms with van der Waals surface area (Å²) in [5.41, 5.74) is 3.47. The zero-order valence-electron chi connectivity index (χ0n) is 17.0. The van der Waals surface area contributed by atoms with Gasteiger partial charge in [-0.25, -0.2) is 4.98 Å². The molecule has 2 aromatic carbocycles. The minimum Gasteiger partial charge on any atom is -0.497 e. The highest BCUT2D eigenvalue weighted by Gasteiger charge is 2.12. The van der Waals surface area contributed by atoms with E-state index in [1.54, 1.807) is 30.2 Å². The van der Waals surface area contributed by atoms with Crippen molar-refractivity contribution in [1.29, 1.82) is 0 Å². The standard InChI is InChI=1S/C22H22N4O2S2/c1-15-6-4-5-7-19(15)21-23-16(13-29-21)14-30-22-25-24-20(26(22)2)12-28-18-10-8-17(27-3)9-11-18/h4-11,13H,12,14H2,1-3H3. The van der Waals surface area contributed by atoms with Gasteiger partial charge in [0, 0.05) is 23.7 Å². The molecule has 0 aliphatic heterocycles. The zero-order chi connectivity index (χ0) is 20.9. The van der Waals surface area contributed by atoms with E-state index in [1.807, 2.05) is 48.0 Å². The van der Waals surface area contributed by atoms with Gasteiger partial charge in [0.05, 0.1) is 12.8 Å². The first-order chi connectivity index (χ1) is 14.6. The number of nitrogens with zero attached hydrogens (tertiary/aromatic N) is 4. The van der Waals surface area contributed by atoms with Gasteiger partial charge in [0.1, 0.15) is 23.1 Å². The summed E-state index contributed by atoms with van der Waals surface area (Å²) in [6.45, 7) is 2.46. The van der Waals surface area contributed by atoms with Crippen LogP contribution >= 0.6 is 23.1 Å². The summed E-state index contributed by atoms with van der Waals surface area (Å²) in [5.74, 6) is 3.08. The normalized spacial score (nSPS) is 10.9. The van der Waals surface area contributed by atoms with Gasteiger partial charge >= 0.3 is 0 Å². The van der Waals surface area contributed by atoms with Crippen LogP contribution < -0.4 is 9.47 Å². The maximum atomic E-state index is 5.81. The summed E-state index contributed by atoms with van der Waals surface area (Å²) < 4.78 is 12.9. The Hall–Kier alpha value is -2.84. The summed E-state index contributed by atoms with van der Waals surface area (Å²) in [4.78, 5) is 4.79. The van der Waals surface area contributed by atoms with Gasteiger partial charge in [-0.2, -0.15) is 0 Å². The number of ether oxygens (including phenoxy) is 2. The van der Waals surface area contributed by atoms with Crippen molar-refractivity contribution in [2.24, 2.45) is 7.05 Å². The van der Waals surface area contributed by atoms with Gasteiger partial charge in [-0.15, -0.1) is 21.5 Å². The van der Waals surface area contributed by atoms with Crippen LogP contribution in [0.15, 0.2) is 59.1 Å². The van der Waals surface area contributed by atoms with E-state index in [1.165, 1.54) is 11.1 Å². The van der Waals surface area contributed by atoms with Crippen LogP contribution in [0.5, 0.6) is 11.5 Å². The van der Waals surface area contributed by atoms with Crippen LogP contribution in [0.2, 0.25) is 0 Å². The average Bonchev–Trinajstić information content (AvgIpc) is 3.38. The largest absolute Gasteiger partial charge is 0.497 e. The Bertz CT molecular complexity index is 1120. The lowest BCUT2D eigenvalue weighted by Crippen LogP contribution is -2.04. The third-order valence-corrected chi connectivity index (χ3v) is 6.61. The summed E-state index contributed by atoms with van der Waals surface area (Å²) >= 11 is 3.30. The van der Waals surface area contributed by atoms with Gasteiger partial charge in [0.15, 0.2) is 11.0 Å². The fourth-order valence-electron chi connectivity index (χ4n) is 2.86. The third kappa shape index (κ3) is 4.66. The van der Waals surface area contributed by atoms with Crippen LogP contribution in [0.1, 0.15) is 17.1 Å². The fourth-order valence-corrected chi connectivity index (χ4v) is 4.70. The zero-order valence-corrected chi connectivity index (χ0v) is 18.7. The van der Waals surface area contributed by atoms with Crippen LogP contribution in [0, 0.1) is 6.92 Å².